The number of phosphoric acid groups is 1. The summed E-state index contributed by atoms with van der Waals surface area (Å²) >= 11 is 0. The lowest BCUT2D eigenvalue weighted by Crippen LogP contribution is -2.34. The summed E-state index contributed by atoms with van der Waals surface area (Å²) in [5.41, 5.74) is 5.36. The Morgan fingerprint density at radius 2 is 1.00 bits per heavy atom. The average Bonchev–Trinajstić information content (AvgIpc) is 3.20. The lowest BCUT2D eigenvalue weighted by molar-refractivity contribution is -0.154. The minimum atomic E-state index is -4.62. The molecule has 58 heavy (non-hydrogen) atoms. The first kappa shape index (κ1) is 55.7. The van der Waals surface area contributed by atoms with Crippen LogP contribution in [0, 0.1) is 0 Å². The third kappa shape index (κ3) is 41.8. The van der Waals surface area contributed by atoms with Crippen LogP contribution in [0.3, 0.4) is 0 Å². The highest BCUT2D eigenvalue weighted by molar-refractivity contribution is 7.47. The second kappa shape index (κ2) is 42.8. The molecule has 0 aliphatic rings. The molecule has 0 saturated heterocycles. The zero-order valence-electron chi connectivity index (χ0n) is 36.6. The van der Waals surface area contributed by atoms with E-state index >= 15 is 0 Å². The highest BCUT2D eigenvalue weighted by Gasteiger charge is 2.27. The van der Waals surface area contributed by atoms with Gasteiger partial charge in [0.05, 0.1) is 19.8 Å². The van der Waals surface area contributed by atoms with Crippen molar-refractivity contribution in [1.29, 1.82) is 0 Å². The molecule has 10 nitrogen and oxygen atoms in total. The molecule has 0 amide bonds. The molecule has 0 heterocycles. The van der Waals surface area contributed by atoms with E-state index in [0.29, 0.717) is 13.0 Å². The highest BCUT2D eigenvalue weighted by Crippen LogP contribution is 2.43. The number of carboxylic acids is 1. The number of allylic oxidation sites excluding steroid dienone is 10. The number of carbonyl (C=O) groups is 2. The summed E-state index contributed by atoms with van der Waals surface area (Å²) in [5, 5.41) is 8.90. The van der Waals surface area contributed by atoms with Gasteiger partial charge < -0.3 is 25.2 Å². The normalized spacial score (nSPS) is 14.4. The first-order chi connectivity index (χ1) is 28.2. The van der Waals surface area contributed by atoms with E-state index in [-0.39, 0.29) is 13.0 Å². The van der Waals surface area contributed by atoms with Crippen LogP contribution < -0.4 is 5.73 Å². The lowest BCUT2D eigenvalue weighted by Gasteiger charge is -2.20. The Balaban J connectivity index is 4.26. The number of esters is 1. The van der Waals surface area contributed by atoms with Gasteiger partial charge in [-0.05, 0) is 57.8 Å². The van der Waals surface area contributed by atoms with Gasteiger partial charge in [-0.3, -0.25) is 18.6 Å². The molecule has 0 aromatic carbocycles. The van der Waals surface area contributed by atoms with Crippen molar-refractivity contribution in [1.82, 2.24) is 0 Å². The van der Waals surface area contributed by atoms with Crippen LogP contribution >= 0.6 is 7.82 Å². The van der Waals surface area contributed by atoms with E-state index in [1.54, 1.807) is 0 Å². The summed E-state index contributed by atoms with van der Waals surface area (Å²) in [4.78, 5) is 33.6. The van der Waals surface area contributed by atoms with Crippen molar-refractivity contribution in [3.05, 3.63) is 60.8 Å². The Bertz CT molecular complexity index is 1150. The maximum absolute atomic E-state index is 12.7. The Morgan fingerprint density at radius 1 is 0.569 bits per heavy atom. The van der Waals surface area contributed by atoms with Crippen molar-refractivity contribution in [2.75, 3.05) is 26.4 Å². The summed E-state index contributed by atoms with van der Waals surface area (Å²) in [6.45, 7) is 3.75. The van der Waals surface area contributed by atoms with Crippen molar-refractivity contribution in [2.45, 2.75) is 199 Å². The van der Waals surface area contributed by atoms with Crippen LogP contribution in [0.2, 0.25) is 0 Å². The number of phosphoric ester groups is 1. The number of aliphatic carboxylic acids is 1. The molecule has 0 saturated carbocycles. The number of carbonyl (C=O) groups excluding carboxylic acids is 1. The number of hydrogen-bond donors (Lipinski definition) is 3. The topological polar surface area (TPSA) is 155 Å². The molecule has 0 aliphatic heterocycles. The molecule has 0 aromatic rings. The van der Waals surface area contributed by atoms with Gasteiger partial charge in [0.15, 0.2) is 0 Å². The molecule has 0 aliphatic carbocycles. The highest BCUT2D eigenvalue weighted by atomic mass is 31.2. The third-order valence-corrected chi connectivity index (χ3v) is 10.5. The molecule has 3 unspecified atom stereocenters. The standard InChI is InChI=1S/C47H84NO9P/c1-3-5-7-9-11-13-15-17-19-20-21-22-23-24-25-27-29-31-33-35-37-39-46(49)57-44(42-55-58(52,53)56-43-45(48)47(50)51)41-54-40-38-36-34-32-30-28-26-18-16-14-12-10-8-6-4-2/h5,7,11,13,17,19,21-22,24-25,44-45H,3-4,6,8-10,12,14-16,18,20,23,26-43,48H2,1-2H3,(H,50,51)(H,52,53)/b7-5-,13-11-,19-17-,22-21-,25-24-. The van der Waals surface area contributed by atoms with E-state index in [2.05, 4.69) is 74.6 Å². The van der Waals surface area contributed by atoms with Gasteiger partial charge in [-0.1, -0.05) is 184 Å². The van der Waals surface area contributed by atoms with Crippen LogP contribution in [0.1, 0.15) is 187 Å². The van der Waals surface area contributed by atoms with Gasteiger partial charge in [0.2, 0.25) is 0 Å². The Hall–Kier alpha value is -2.33. The number of carboxylic acid groups (broad SMARTS) is 1. The van der Waals surface area contributed by atoms with Crippen LogP contribution in [-0.4, -0.2) is 60.5 Å². The molecule has 0 rings (SSSR count). The van der Waals surface area contributed by atoms with E-state index in [0.717, 1.165) is 83.5 Å². The molecule has 11 heteroatoms. The fourth-order valence-electron chi connectivity index (χ4n) is 6.04. The Kier molecular flexibility index (Phi) is 41.1. The fourth-order valence-corrected chi connectivity index (χ4v) is 6.82. The molecule has 0 radical (unpaired) electrons. The predicted octanol–water partition coefficient (Wildman–Crippen LogP) is 12.8. The second-order valence-corrected chi connectivity index (χ2v) is 16.6. The van der Waals surface area contributed by atoms with E-state index in [1.165, 1.54) is 77.0 Å². The monoisotopic (exact) mass is 838 g/mol. The minimum absolute atomic E-state index is 0.00871. The van der Waals surface area contributed by atoms with E-state index < -0.39 is 45.1 Å². The van der Waals surface area contributed by atoms with Gasteiger partial charge >= 0.3 is 19.8 Å². The Morgan fingerprint density at radius 3 is 1.50 bits per heavy atom. The Labute approximate surface area is 353 Å². The second-order valence-electron chi connectivity index (χ2n) is 15.2. The van der Waals surface area contributed by atoms with Gasteiger partial charge in [-0.2, -0.15) is 0 Å². The summed E-state index contributed by atoms with van der Waals surface area (Å²) < 4.78 is 33.4. The van der Waals surface area contributed by atoms with Crippen LogP contribution in [-0.2, 0) is 32.7 Å². The number of ether oxygens (including phenoxy) is 2. The summed E-state index contributed by atoms with van der Waals surface area (Å²) in [7, 11) is -4.62. The molecule has 0 fully saturated rings. The molecule has 0 spiro atoms. The average molecular weight is 838 g/mol. The SMILES string of the molecule is CC/C=C\C/C=C\C/C=C\C/C=C\C/C=C\CCCCCCCC(=O)OC(COCCCCCCCCCCCCCCCCC)COP(=O)(O)OCC(N)C(=O)O. The largest absolute Gasteiger partial charge is 0.480 e. The molecule has 4 N–H and O–H groups in total. The van der Waals surface area contributed by atoms with E-state index in [1.807, 2.05) is 0 Å². The summed E-state index contributed by atoms with van der Waals surface area (Å²) in [6.07, 6.45) is 51.2. The van der Waals surface area contributed by atoms with Gasteiger partial charge in [-0.15, -0.1) is 0 Å². The quantitative estimate of drug-likeness (QED) is 0.0234. The smallest absolute Gasteiger partial charge is 0.472 e. The maximum Gasteiger partial charge on any atom is 0.472 e. The lowest BCUT2D eigenvalue weighted by atomic mass is 10.0. The molecule has 0 aromatic heterocycles. The molecule has 336 valence electrons. The van der Waals surface area contributed by atoms with E-state index in [9.17, 15) is 19.0 Å². The maximum atomic E-state index is 12.7. The van der Waals surface area contributed by atoms with Gasteiger partial charge in [0, 0.05) is 13.0 Å². The number of nitrogens with two attached hydrogens (primary N) is 1. The molecular weight excluding hydrogens is 753 g/mol. The molecule has 0 bridgehead atoms. The molecular formula is C47H84NO9P. The molecule has 3 atom stereocenters. The first-order valence-corrected chi connectivity index (χ1v) is 24.3. The van der Waals surface area contributed by atoms with E-state index in [4.69, 9.17) is 29.4 Å². The van der Waals surface area contributed by atoms with Crippen molar-refractivity contribution in [3.8, 4) is 0 Å². The zero-order chi connectivity index (χ0) is 42.6. The number of rotatable bonds is 43. The van der Waals surface area contributed by atoms with Crippen LogP contribution in [0.4, 0.5) is 0 Å². The summed E-state index contributed by atoms with van der Waals surface area (Å²) in [5.74, 6) is -1.80. The summed E-state index contributed by atoms with van der Waals surface area (Å²) in [6, 6.07) is -1.48. The van der Waals surface area contributed by atoms with Gasteiger partial charge in [0.25, 0.3) is 0 Å². The third-order valence-electron chi connectivity index (χ3n) is 9.56. The first-order valence-electron chi connectivity index (χ1n) is 22.8. The van der Waals surface area contributed by atoms with Crippen LogP contribution in [0.15, 0.2) is 60.8 Å². The predicted molar refractivity (Wildman–Crippen MR) is 240 cm³/mol. The number of hydrogen-bond acceptors (Lipinski definition) is 8. The van der Waals surface area contributed by atoms with Gasteiger partial charge in [0.1, 0.15) is 12.1 Å². The van der Waals surface area contributed by atoms with Crippen LogP contribution in [0.5, 0.6) is 0 Å². The van der Waals surface area contributed by atoms with Crippen LogP contribution in [0.25, 0.3) is 0 Å². The van der Waals surface area contributed by atoms with Crippen molar-refractivity contribution < 1.29 is 42.7 Å². The van der Waals surface area contributed by atoms with Crippen molar-refractivity contribution in [2.24, 2.45) is 5.73 Å². The fraction of sp³-hybridized carbons (Fsp3) is 0.745. The van der Waals surface area contributed by atoms with Crippen molar-refractivity contribution >= 4 is 19.8 Å². The zero-order valence-corrected chi connectivity index (χ0v) is 37.5. The van der Waals surface area contributed by atoms with Gasteiger partial charge in [-0.25, -0.2) is 4.57 Å². The minimum Gasteiger partial charge on any atom is -0.480 e. The van der Waals surface area contributed by atoms with Crippen molar-refractivity contribution in [3.63, 3.8) is 0 Å². The number of unbranched alkanes of at least 4 members (excludes halogenated alkanes) is 19.